The second-order valence-corrected chi connectivity index (χ2v) is 5.90. The second-order valence-electron chi connectivity index (χ2n) is 5.10. The van der Waals surface area contributed by atoms with Crippen molar-refractivity contribution in [2.75, 3.05) is 11.4 Å². The molecule has 1 N–H and O–H groups in total. The van der Waals surface area contributed by atoms with E-state index in [-0.39, 0.29) is 18.2 Å². The minimum Gasteiger partial charge on any atom is -0.481 e. The van der Waals surface area contributed by atoms with E-state index in [2.05, 4.69) is 20.9 Å². The molecule has 21 heavy (non-hydrogen) atoms. The molecule has 0 spiro atoms. The summed E-state index contributed by atoms with van der Waals surface area (Å²) in [6.45, 7) is 2.37. The van der Waals surface area contributed by atoms with Crippen molar-refractivity contribution in [1.82, 2.24) is 4.98 Å². The summed E-state index contributed by atoms with van der Waals surface area (Å²) in [6.07, 6.45) is 4.01. The Hall–Kier alpha value is -1.70. The Bertz CT molecular complexity index is 579. The molecule has 1 aliphatic rings. The van der Waals surface area contributed by atoms with E-state index < -0.39 is 10.9 Å². The number of anilines is 1. The standard InChI is InChI=1S/C13H16BrN3O4/c1-8-10(17(20)21)7-15-13(12(8)14)16-5-3-2-4-9(16)6-11(18)19/h7,9H,2-6H2,1H3,(H,18,19). The van der Waals surface area contributed by atoms with E-state index in [0.29, 0.717) is 22.4 Å². The van der Waals surface area contributed by atoms with E-state index in [1.54, 1.807) is 6.92 Å². The zero-order valence-electron chi connectivity index (χ0n) is 11.6. The summed E-state index contributed by atoms with van der Waals surface area (Å²) in [5.74, 6) is -0.259. The molecule has 0 saturated carbocycles. The Morgan fingerprint density at radius 1 is 1.62 bits per heavy atom. The first-order chi connectivity index (χ1) is 9.91. The molecule has 0 aromatic carbocycles. The zero-order valence-corrected chi connectivity index (χ0v) is 13.2. The molecule has 7 nitrogen and oxygen atoms in total. The number of hydrogen-bond donors (Lipinski definition) is 1. The maximum Gasteiger partial charge on any atom is 0.305 e. The largest absolute Gasteiger partial charge is 0.481 e. The van der Waals surface area contributed by atoms with Crippen LogP contribution in [0.3, 0.4) is 0 Å². The number of halogens is 1. The van der Waals surface area contributed by atoms with Gasteiger partial charge in [-0.15, -0.1) is 0 Å². The molecule has 2 rings (SSSR count). The summed E-state index contributed by atoms with van der Waals surface area (Å²) < 4.78 is 0.564. The van der Waals surface area contributed by atoms with Crippen molar-refractivity contribution in [2.24, 2.45) is 0 Å². The van der Waals surface area contributed by atoms with E-state index in [4.69, 9.17) is 5.11 Å². The maximum absolute atomic E-state index is 11.0. The van der Waals surface area contributed by atoms with Crippen LogP contribution in [0.25, 0.3) is 0 Å². The van der Waals surface area contributed by atoms with Crippen molar-refractivity contribution < 1.29 is 14.8 Å². The first-order valence-electron chi connectivity index (χ1n) is 6.69. The summed E-state index contributed by atoms with van der Waals surface area (Å²) in [5, 5.41) is 19.9. The molecule has 0 amide bonds. The van der Waals surface area contributed by atoms with Crippen LogP contribution in [0.1, 0.15) is 31.2 Å². The average molecular weight is 358 g/mol. The van der Waals surface area contributed by atoms with Crippen LogP contribution in [-0.4, -0.2) is 33.6 Å². The molecule has 0 bridgehead atoms. The normalized spacial score (nSPS) is 18.6. The molecular formula is C13H16BrN3O4. The summed E-state index contributed by atoms with van der Waals surface area (Å²) in [7, 11) is 0. The van der Waals surface area contributed by atoms with Crippen LogP contribution >= 0.6 is 15.9 Å². The van der Waals surface area contributed by atoms with E-state index >= 15 is 0 Å². The molecule has 1 aromatic rings. The molecule has 0 radical (unpaired) electrons. The van der Waals surface area contributed by atoms with Crippen LogP contribution < -0.4 is 4.90 Å². The van der Waals surface area contributed by atoms with Crippen molar-refractivity contribution in [3.05, 3.63) is 26.3 Å². The molecule has 2 heterocycles. The van der Waals surface area contributed by atoms with Gasteiger partial charge in [-0.1, -0.05) is 0 Å². The highest BCUT2D eigenvalue weighted by Gasteiger charge is 2.29. The number of carbonyl (C=O) groups is 1. The first-order valence-corrected chi connectivity index (χ1v) is 7.49. The lowest BCUT2D eigenvalue weighted by atomic mass is 9.99. The highest BCUT2D eigenvalue weighted by atomic mass is 79.9. The van der Waals surface area contributed by atoms with Gasteiger partial charge in [0, 0.05) is 18.2 Å². The number of nitrogens with zero attached hydrogens (tertiary/aromatic N) is 3. The highest BCUT2D eigenvalue weighted by molar-refractivity contribution is 9.10. The summed E-state index contributed by atoms with van der Waals surface area (Å²) in [4.78, 5) is 27.6. The fourth-order valence-corrected chi connectivity index (χ4v) is 3.17. The quantitative estimate of drug-likeness (QED) is 0.657. The minimum atomic E-state index is -0.846. The smallest absolute Gasteiger partial charge is 0.305 e. The van der Waals surface area contributed by atoms with E-state index in [1.807, 2.05) is 4.90 Å². The Morgan fingerprint density at radius 2 is 2.33 bits per heavy atom. The number of carboxylic acid groups (broad SMARTS) is 1. The van der Waals surface area contributed by atoms with Crippen LogP contribution in [0, 0.1) is 17.0 Å². The topological polar surface area (TPSA) is 96.6 Å². The van der Waals surface area contributed by atoms with Gasteiger partial charge in [0.1, 0.15) is 12.0 Å². The lowest BCUT2D eigenvalue weighted by Crippen LogP contribution is -2.41. The van der Waals surface area contributed by atoms with Gasteiger partial charge < -0.3 is 10.0 Å². The van der Waals surface area contributed by atoms with E-state index in [1.165, 1.54) is 6.20 Å². The average Bonchev–Trinajstić information content (AvgIpc) is 2.42. The van der Waals surface area contributed by atoms with Gasteiger partial charge in [0.15, 0.2) is 0 Å². The Kier molecular flexibility index (Phi) is 4.76. The SMILES string of the molecule is Cc1c([N+](=O)[O-])cnc(N2CCCCC2CC(=O)O)c1Br. The van der Waals surface area contributed by atoms with Crippen LogP contribution in [0.4, 0.5) is 11.5 Å². The van der Waals surface area contributed by atoms with Gasteiger partial charge in [-0.05, 0) is 42.1 Å². The van der Waals surface area contributed by atoms with Crippen molar-refractivity contribution in [2.45, 2.75) is 38.6 Å². The predicted octanol–water partition coefficient (Wildman–Crippen LogP) is 2.89. The molecule has 8 heteroatoms. The number of nitro groups is 1. The fourth-order valence-electron chi connectivity index (χ4n) is 2.63. The van der Waals surface area contributed by atoms with Crippen LogP contribution in [-0.2, 0) is 4.79 Å². The molecular weight excluding hydrogens is 342 g/mol. The van der Waals surface area contributed by atoms with Crippen molar-refractivity contribution in [3.63, 3.8) is 0 Å². The number of rotatable bonds is 4. The molecule has 114 valence electrons. The van der Waals surface area contributed by atoms with Crippen LogP contribution in [0.15, 0.2) is 10.7 Å². The molecule has 1 unspecified atom stereocenters. The lowest BCUT2D eigenvalue weighted by molar-refractivity contribution is -0.385. The first kappa shape index (κ1) is 15.7. The Labute approximate surface area is 130 Å². The van der Waals surface area contributed by atoms with Gasteiger partial charge in [0.05, 0.1) is 15.8 Å². The number of carboxylic acids is 1. The number of hydrogen-bond acceptors (Lipinski definition) is 5. The Morgan fingerprint density at radius 3 is 2.95 bits per heavy atom. The lowest BCUT2D eigenvalue weighted by Gasteiger charge is -2.36. The molecule has 1 atom stereocenters. The Balaban J connectivity index is 2.37. The fraction of sp³-hybridized carbons (Fsp3) is 0.538. The number of aliphatic carboxylic acids is 1. The number of aromatic nitrogens is 1. The van der Waals surface area contributed by atoms with Gasteiger partial charge in [-0.25, -0.2) is 4.98 Å². The molecule has 0 aliphatic carbocycles. The van der Waals surface area contributed by atoms with Gasteiger partial charge in [-0.3, -0.25) is 14.9 Å². The maximum atomic E-state index is 11.0. The van der Waals surface area contributed by atoms with E-state index in [9.17, 15) is 14.9 Å². The summed E-state index contributed by atoms with van der Waals surface area (Å²) in [5.41, 5.74) is 0.460. The number of piperidine rings is 1. The number of pyridine rings is 1. The van der Waals surface area contributed by atoms with Crippen molar-refractivity contribution >= 4 is 33.4 Å². The third-order valence-electron chi connectivity index (χ3n) is 3.73. The third kappa shape index (κ3) is 3.31. The highest BCUT2D eigenvalue weighted by Crippen LogP contribution is 2.36. The summed E-state index contributed by atoms with van der Waals surface area (Å²) >= 11 is 3.37. The van der Waals surface area contributed by atoms with E-state index in [0.717, 1.165) is 19.3 Å². The van der Waals surface area contributed by atoms with Crippen LogP contribution in [0.2, 0.25) is 0 Å². The second kappa shape index (κ2) is 6.38. The monoisotopic (exact) mass is 357 g/mol. The molecule has 1 saturated heterocycles. The molecule has 1 fully saturated rings. The molecule has 1 aromatic heterocycles. The van der Waals surface area contributed by atoms with Crippen molar-refractivity contribution in [1.29, 1.82) is 0 Å². The molecule has 1 aliphatic heterocycles. The van der Waals surface area contributed by atoms with Gasteiger partial charge >= 0.3 is 5.97 Å². The zero-order chi connectivity index (χ0) is 15.6. The van der Waals surface area contributed by atoms with Crippen LogP contribution in [0.5, 0.6) is 0 Å². The third-order valence-corrected chi connectivity index (χ3v) is 4.67. The van der Waals surface area contributed by atoms with Crippen molar-refractivity contribution in [3.8, 4) is 0 Å². The van der Waals surface area contributed by atoms with Gasteiger partial charge in [-0.2, -0.15) is 0 Å². The minimum absolute atomic E-state index is 0.0441. The predicted molar refractivity (Wildman–Crippen MR) is 80.6 cm³/mol. The summed E-state index contributed by atoms with van der Waals surface area (Å²) in [6, 6.07) is -0.124. The van der Waals surface area contributed by atoms with Gasteiger partial charge in [0.2, 0.25) is 0 Å². The van der Waals surface area contributed by atoms with Gasteiger partial charge in [0.25, 0.3) is 5.69 Å².